The molecule has 3 heterocycles. The topological polar surface area (TPSA) is 118 Å². The number of pyridine rings is 1. The number of nitrogens with zero attached hydrogens (tertiary/aromatic N) is 5. The van der Waals surface area contributed by atoms with Gasteiger partial charge in [-0.15, -0.1) is 10.2 Å². The van der Waals surface area contributed by atoms with Crippen LogP contribution in [0.15, 0.2) is 67.0 Å². The number of fused-ring (bicyclic) bond motifs is 1. The van der Waals surface area contributed by atoms with Crippen LogP contribution in [0.1, 0.15) is 35.8 Å². The van der Waals surface area contributed by atoms with Crippen molar-refractivity contribution in [2.75, 3.05) is 4.90 Å². The number of carbonyl (C=O) groups is 1. The Morgan fingerprint density at radius 3 is 2.50 bits per heavy atom. The fraction of sp³-hybridized carbons (Fsp3) is 0.160. The first-order chi connectivity index (χ1) is 16.4. The molecule has 1 aliphatic heterocycles. The summed E-state index contributed by atoms with van der Waals surface area (Å²) in [5, 5.41) is 18.4. The number of rotatable bonds is 4. The number of phenols is 1. The first-order valence-electron chi connectivity index (χ1n) is 10.5. The maximum absolute atomic E-state index is 13.2. The van der Waals surface area contributed by atoms with Crippen molar-refractivity contribution in [2.24, 2.45) is 0 Å². The zero-order chi connectivity index (χ0) is 24.2. The third kappa shape index (κ3) is 4.20. The largest absolute Gasteiger partial charge is 0.507 e. The molecule has 9 heteroatoms. The van der Waals surface area contributed by atoms with Crippen molar-refractivity contribution in [1.82, 2.24) is 19.7 Å². The summed E-state index contributed by atoms with van der Waals surface area (Å²) in [7, 11) is 0. The van der Waals surface area contributed by atoms with Gasteiger partial charge in [-0.1, -0.05) is 36.4 Å². The summed E-state index contributed by atoms with van der Waals surface area (Å²) in [6.45, 7) is 4.56. The van der Waals surface area contributed by atoms with Gasteiger partial charge in [0.15, 0.2) is 5.82 Å². The second-order valence-electron chi connectivity index (χ2n) is 7.90. The van der Waals surface area contributed by atoms with Crippen LogP contribution in [0.5, 0.6) is 5.75 Å². The van der Waals surface area contributed by atoms with Crippen molar-refractivity contribution >= 4 is 17.9 Å². The summed E-state index contributed by atoms with van der Waals surface area (Å²) < 4.78 is 1.95. The van der Waals surface area contributed by atoms with Gasteiger partial charge in [-0.05, 0) is 49.2 Å². The second kappa shape index (κ2) is 9.48. The van der Waals surface area contributed by atoms with E-state index in [2.05, 4.69) is 24.0 Å². The molecule has 2 aromatic heterocycles. The predicted molar refractivity (Wildman–Crippen MR) is 123 cm³/mol. The van der Waals surface area contributed by atoms with Gasteiger partial charge in [0.1, 0.15) is 23.6 Å². The van der Waals surface area contributed by atoms with Crippen LogP contribution in [0, 0.1) is 0 Å². The SMILES string of the molecule is CC(C)n1cnnc1-c1cccc(N2Cc3ccc(-c4ccccc4O)cc3C2=O)n1.O=C=O. The fourth-order valence-electron chi connectivity index (χ4n) is 3.87. The van der Waals surface area contributed by atoms with E-state index >= 15 is 0 Å². The molecule has 0 aliphatic carbocycles. The van der Waals surface area contributed by atoms with Gasteiger partial charge in [0.25, 0.3) is 5.91 Å². The lowest BCUT2D eigenvalue weighted by Gasteiger charge is -2.16. The molecule has 34 heavy (non-hydrogen) atoms. The number of anilines is 1. The molecule has 0 unspecified atom stereocenters. The second-order valence-corrected chi connectivity index (χ2v) is 7.90. The summed E-state index contributed by atoms with van der Waals surface area (Å²) in [5.74, 6) is 1.32. The van der Waals surface area contributed by atoms with Gasteiger partial charge < -0.3 is 9.67 Å². The van der Waals surface area contributed by atoms with Crippen LogP contribution in [0.4, 0.5) is 5.82 Å². The Balaban J connectivity index is 0.000000868. The summed E-state index contributed by atoms with van der Waals surface area (Å²) in [5.41, 5.74) is 3.73. The zero-order valence-corrected chi connectivity index (χ0v) is 18.5. The standard InChI is InChI=1S/C24H21N5O2.CO2/c1-15(2)29-14-25-27-23(29)20-7-5-9-22(26-20)28-13-17-11-10-16(12-19(17)24(28)31)18-6-3-4-8-21(18)30;2-1-3/h3-12,14-15,30H,13H2,1-2H3;. The van der Waals surface area contributed by atoms with Crippen molar-refractivity contribution in [3.63, 3.8) is 0 Å². The van der Waals surface area contributed by atoms with Gasteiger partial charge in [-0.25, -0.2) is 4.98 Å². The minimum atomic E-state index is -0.109. The minimum Gasteiger partial charge on any atom is -0.507 e. The van der Waals surface area contributed by atoms with E-state index in [9.17, 15) is 9.90 Å². The van der Waals surface area contributed by atoms with Crippen molar-refractivity contribution < 1.29 is 19.5 Å². The number of aromatic nitrogens is 4. The molecule has 0 atom stereocenters. The maximum Gasteiger partial charge on any atom is 0.373 e. The van der Waals surface area contributed by atoms with Gasteiger partial charge in [0.2, 0.25) is 0 Å². The van der Waals surface area contributed by atoms with Crippen LogP contribution in [0.3, 0.4) is 0 Å². The van der Waals surface area contributed by atoms with E-state index in [1.54, 1.807) is 23.4 Å². The number of hydrogen-bond acceptors (Lipinski definition) is 7. The van der Waals surface area contributed by atoms with Crippen LogP contribution in [0.25, 0.3) is 22.6 Å². The van der Waals surface area contributed by atoms with E-state index in [0.29, 0.717) is 35.0 Å². The molecule has 0 fully saturated rings. The summed E-state index contributed by atoms with van der Waals surface area (Å²) in [4.78, 5) is 35.9. The Morgan fingerprint density at radius 2 is 1.76 bits per heavy atom. The van der Waals surface area contributed by atoms with Gasteiger partial charge >= 0.3 is 6.15 Å². The van der Waals surface area contributed by atoms with Crippen LogP contribution >= 0.6 is 0 Å². The maximum atomic E-state index is 13.2. The average Bonchev–Trinajstić information content (AvgIpc) is 3.45. The average molecular weight is 455 g/mol. The normalized spacial score (nSPS) is 12.2. The molecule has 1 amide bonds. The molecule has 0 spiro atoms. The highest BCUT2D eigenvalue weighted by Crippen LogP contribution is 2.34. The van der Waals surface area contributed by atoms with E-state index in [1.807, 2.05) is 53.1 Å². The van der Waals surface area contributed by atoms with Crippen molar-refractivity contribution in [3.05, 3.63) is 78.1 Å². The van der Waals surface area contributed by atoms with Gasteiger partial charge in [-0.3, -0.25) is 9.69 Å². The van der Waals surface area contributed by atoms with Crippen molar-refractivity contribution in [3.8, 4) is 28.4 Å². The lowest BCUT2D eigenvalue weighted by molar-refractivity contribution is -0.191. The van der Waals surface area contributed by atoms with Crippen LogP contribution in [-0.2, 0) is 16.1 Å². The Morgan fingerprint density at radius 1 is 1.00 bits per heavy atom. The minimum absolute atomic E-state index is 0.109. The quantitative estimate of drug-likeness (QED) is 0.496. The molecular formula is C25H21N5O4. The molecule has 1 N–H and O–H groups in total. The van der Waals surface area contributed by atoms with Crippen molar-refractivity contribution in [2.45, 2.75) is 26.4 Å². The molecule has 0 saturated carbocycles. The molecule has 4 aromatic rings. The smallest absolute Gasteiger partial charge is 0.373 e. The summed E-state index contributed by atoms with van der Waals surface area (Å²) in [6.07, 6.45) is 1.94. The van der Waals surface area contributed by atoms with E-state index < -0.39 is 0 Å². The summed E-state index contributed by atoms with van der Waals surface area (Å²) in [6, 6.07) is 18.6. The first-order valence-corrected chi connectivity index (χ1v) is 10.5. The van der Waals surface area contributed by atoms with E-state index in [-0.39, 0.29) is 23.9 Å². The lowest BCUT2D eigenvalue weighted by atomic mass is 10.00. The highest BCUT2D eigenvalue weighted by molar-refractivity contribution is 6.10. The first kappa shape index (κ1) is 22.6. The number of amides is 1. The molecule has 0 radical (unpaired) electrons. The number of para-hydroxylation sites is 1. The molecule has 5 rings (SSSR count). The molecule has 1 aliphatic rings. The van der Waals surface area contributed by atoms with E-state index in [1.165, 1.54) is 0 Å². The molecule has 170 valence electrons. The Hall–Kier alpha value is -4.62. The number of carbonyl (C=O) groups excluding carboxylic acids is 3. The molecule has 0 saturated heterocycles. The number of benzene rings is 2. The molecular weight excluding hydrogens is 434 g/mol. The third-order valence-corrected chi connectivity index (χ3v) is 5.50. The number of phenolic OH excluding ortho intramolecular Hbond substituents is 1. The third-order valence-electron chi connectivity index (χ3n) is 5.50. The highest BCUT2D eigenvalue weighted by atomic mass is 16.3. The van der Waals surface area contributed by atoms with Gasteiger partial charge in [0, 0.05) is 17.2 Å². The Labute approximate surface area is 195 Å². The predicted octanol–water partition coefficient (Wildman–Crippen LogP) is 3.87. The van der Waals surface area contributed by atoms with Gasteiger partial charge in [-0.2, -0.15) is 9.59 Å². The zero-order valence-electron chi connectivity index (χ0n) is 18.5. The lowest BCUT2D eigenvalue weighted by Crippen LogP contribution is -2.24. The van der Waals surface area contributed by atoms with Crippen LogP contribution in [0.2, 0.25) is 0 Å². The summed E-state index contributed by atoms with van der Waals surface area (Å²) >= 11 is 0. The van der Waals surface area contributed by atoms with Crippen LogP contribution in [-0.4, -0.2) is 36.9 Å². The van der Waals surface area contributed by atoms with E-state index in [4.69, 9.17) is 14.6 Å². The molecule has 2 aromatic carbocycles. The monoisotopic (exact) mass is 455 g/mol. The molecule has 0 bridgehead atoms. The van der Waals surface area contributed by atoms with Crippen LogP contribution < -0.4 is 4.90 Å². The van der Waals surface area contributed by atoms with E-state index in [0.717, 1.165) is 11.1 Å². The number of hydrogen-bond donors (Lipinski definition) is 1. The fourth-order valence-corrected chi connectivity index (χ4v) is 3.87. The Kier molecular flexibility index (Phi) is 6.29. The van der Waals surface area contributed by atoms with Gasteiger partial charge in [0.05, 0.1) is 6.54 Å². The number of aromatic hydroxyl groups is 1. The molecule has 9 nitrogen and oxygen atoms in total. The highest BCUT2D eigenvalue weighted by Gasteiger charge is 2.30. The van der Waals surface area contributed by atoms with Crippen molar-refractivity contribution in [1.29, 1.82) is 0 Å². The Bertz CT molecular complexity index is 1390.